The predicted octanol–water partition coefficient (Wildman–Crippen LogP) is 3.96. The van der Waals surface area contributed by atoms with Gasteiger partial charge in [0, 0.05) is 39.1 Å². The van der Waals surface area contributed by atoms with Gasteiger partial charge in [0.05, 0.1) is 18.5 Å². The summed E-state index contributed by atoms with van der Waals surface area (Å²) in [5.74, 6) is -3.15. The summed E-state index contributed by atoms with van der Waals surface area (Å²) in [5, 5.41) is 5.04. The van der Waals surface area contributed by atoms with Crippen LogP contribution in [-0.4, -0.2) is 102 Å². The second-order valence-corrected chi connectivity index (χ2v) is 14.1. The molecule has 16 nitrogen and oxygen atoms in total. The Morgan fingerprint density at radius 1 is 0.755 bits per heavy atom. The lowest BCUT2D eigenvalue weighted by molar-refractivity contribution is -0.147. The number of halogens is 2. The fourth-order valence-corrected chi connectivity index (χ4v) is 4.90. The number of carbonyl (C=O) groups is 6. The Morgan fingerprint density at radius 2 is 1.13 bits per heavy atom. The van der Waals surface area contributed by atoms with E-state index >= 15 is 0 Å². The van der Waals surface area contributed by atoms with Crippen LogP contribution >= 0.6 is 0 Å². The molecule has 4 N–H and O–H groups in total. The third-order valence-corrected chi connectivity index (χ3v) is 7.50. The van der Waals surface area contributed by atoms with Gasteiger partial charge in [0.1, 0.15) is 46.4 Å². The Hall–Kier alpha value is -5.68. The molecule has 0 fully saturated rings. The van der Waals surface area contributed by atoms with E-state index in [9.17, 15) is 37.5 Å². The third-order valence-electron chi connectivity index (χ3n) is 7.50. The summed E-state index contributed by atoms with van der Waals surface area (Å²) in [7, 11) is 3.91. The molecule has 0 aliphatic carbocycles. The van der Waals surface area contributed by atoms with Crippen LogP contribution in [0.25, 0.3) is 0 Å². The van der Waals surface area contributed by atoms with Crippen molar-refractivity contribution in [2.24, 2.45) is 5.73 Å². The monoisotopic (exact) mass is 749 g/mol. The number of carbonyl (C=O) groups excluding carboxylic acids is 6. The first-order chi connectivity index (χ1) is 24.5. The first-order valence-corrected chi connectivity index (χ1v) is 16.3. The summed E-state index contributed by atoms with van der Waals surface area (Å²) in [6.45, 7) is 10.1. The number of anilines is 2. The number of ether oxygens (including phenoxy) is 5. The Kier molecular flexibility index (Phi) is 13.2. The van der Waals surface area contributed by atoms with Crippen LogP contribution in [0.1, 0.15) is 54.4 Å². The second-order valence-electron chi connectivity index (χ2n) is 14.1. The summed E-state index contributed by atoms with van der Waals surface area (Å²) in [6, 6.07) is 5.15. The molecule has 0 unspecified atom stereocenters. The normalized spacial score (nSPS) is 17.3. The van der Waals surface area contributed by atoms with Crippen LogP contribution in [0.3, 0.4) is 0 Å². The zero-order valence-electron chi connectivity index (χ0n) is 30.9. The minimum absolute atomic E-state index is 0.162. The number of fused-ring (bicyclic) bond motifs is 2. The van der Waals surface area contributed by atoms with E-state index in [1.807, 2.05) is 0 Å². The number of nitrogens with one attached hydrogen (secondary N) is 2. The van der Waals surface area contributed by atoms with Crippen LogP contribution in [0, 0.1) is 11.6 Å². The molecule has 2 aromatic carbocycles. The highest BCUT2D eigenvalue weighted by Crippen LogP contribution is 2.33. The van der Waals surface area contributed by atoms with Gasteiger partial charge in [-0.25, -0.2) is 23.2 Å². The van der Waals surface area contributed by atoms with Gasteiger partial charge in [0.25, 0.3) is 11.8 Å². The lowest BCUT2D eigenvalue weighted by Crippen LogP contribution is -2.51. The van der Waals surface area contributed by atoms with E-state index in [2.05, 4.69) is 10.6 Å². The summed E-state index contributed by atoms with van der Waals surface area (Å²) >= 11 is 0. The summed E-state index contributed by atoms with van der Waals surface area (Å²) in [4.78, 5) is 75.1. The Bertz CT molecular complexity index is 1730. The van der Waals surface area contributed by atoms with Gasteiger partial charge in [0.2, 0.25) is 5.91 Å². The lowest BCUT2D eigenvalue weighted by atomic mass is 10.1. The van der Waals surface area contributed by atoms with Crippen LogP contribution < -0.4 is 25.8 Å². The molecular weight excluding hydrogens is 704 g/mol. The molecule has 0 saturated heterocycles. The van der Waals surface area contributed by atoms with E-state index in [0.29, 0.717) is 0 Å². The van der Waals surface area contributed by atoms with Crippen LogP contribution in [-0.2, 0) is 33.4 Å². The highest BCUT2D eigenvalue weighted by molar-refractivity contribution is 5.99. The molecule has 4 rings (SSSR count). The van der Waals surface area contributed by atoms with Crippen LogP contribution in [0.15, 0.2) is 36.4 Å². The standard InChI is InChI=1S/C18H23FN2O6.C17H22FN3O5/c1-18(2,3)27-17(24)21(4)12(16(23)25-5)9-14-15(22)20-11-8-10(19)6-7-13(11)26-14;1-17(2,3)26-16(24)21(4)11(14(19)22)8-13-15(23)20-10-7-9(18)5-6-12(10)25-13/h6-8,12,14H,9H2,1-5H3,(H,20,22);5-7,11,13H,8H2,1-4H3,(H2,19,22)(H,20,23)/t12-,14-;11-,13-/m00/s1. The molecule has 0 radical (unpaired) electrons. The summed E-state index contributed by atoms with van der Waals surface area (Å²) in [5.41, 5.74) is 4.28. The molecule has 5 amide bonds. The molecule has 290 valence electrons. The van der Waals surface area contributed by atoms with E-state index in [1.165, 1.54) is 45.5 Å². The number of methoxy groups -OCH3 is 1. The smallest absolute Gasteiger partial charge is 0.410 e. The van der Waals surface area contributed by atoms with Crippen molar-refractivity contribution in [2.45, 2.75) is 89.9 Å². The maximum absolute atomic E-state index is 13.3. The van der Waals surface area contributed by atoms with Crippen molar-refractivity contribution in [3.63, 3.8) is 0 Å². The number of hydrogen-bond acceptors (Lipinski definition) is 11. The predicted molar refractivity (Wildman–Crippen MR) is 185 cm³/mol. The van der Waals surface area contributed by atoms with E-state index < -0.39 is 83.0 Å². The molecule has 0 saturated carbocycles. The molecule has 2 aliphatic heterocycles. The van der Waals surface area contributed by atoms with Crippen LogP contribution in [0.4, 0.5) is 29.7 Å². The van der Waals surface area contributed by atoms with Gasteiger partial charge in [-0.2, -0.15) is 0 Å². The average Bonchev–Trinajstić information content (AvgIpc) is 3.04. The van der Waals surface area contributed by atoms with Gasteiger partial charge in [-0.1, -0.05) is 0 Å². The van der Waals surface area contributed by atoms with Gasteiger partial charge < -0.3 is 40.1 Å². The van der Waals surface area contributed by atoms with Crippen molar-refractivity contribution in [3.05, 3.63) is 48.0 Å². The SMILES string of the molecule is CN(C(=O)OC(C)(C)C)[C@@H](C[C@@H]1Oc2ccc(F)cc2NC1=O)C(N)=O.COC(=O)[C@H](C[C@@H]1Oc2ccc(F)cc2NC1=O)N(C)C(=O)OC(C)(C)C. The zero-order chi connectivity index (χ0) is 40.0. The molecule has 4 atom stereocenters. The van der Waals surface area contributed by atoms with Gasteiger partial charge in [-0.05, 0) is 65.8 Å². The largest absolute Gasteiger partial charge is 0.478 e. The Balaban J connectivity index is 0.000000286. The van der Waals surface area contributed by atoms with Crippen LogP contribution in [0.2, 0.25) is 0 Å². The quantitative estimate of drug-likeness (QED) is 0.260. The zero-order valence-corrected chi connectivity index (χ0v) is 30.9. The van der Waals surface area contributed by atoms with Gasteiger partial charge in [-0.15, -0.1) is 0 Å². The fourth-order valence-electron chi connectivity index (χ4n) is 4.90. The van der Waals surface area contributed by atoms with Crippen molar-refractivity contribution in [2.75, 3.05) is 31.8 Å². The van der Waals surface area contributed by atoms with Crippen molar-refractivity contribution in [1.82, 2.24) is 9.80 Å². The highest BCUT2D eigenvalue weighted by Gasteiger charge is 2.39. The number of hydrogen-bond donors (Lipinski definition) is 3. The molecule has 2 aliphatic rings. The molecule has 18 heteroatoms. The molecule has 2 aromatic rings. The highest BCUT2D eigenvalue weighted by atomic mass is 19.1. The van der Waals surface area contributed by atoms with Crippen molar-refractivity contribution >= 4 is 47.3 Å². The number of nitrogens with two attached hydrogens (primary N) is 1. The van der Waals surface area contributed by atoms with Crippen molar-refractivity contribution in [1.29, 1.82) is 0 Å². The number of primary amides is 1. The molecule has 0 bridgehead atoms. The van der Waals surface area contributed by atoms with Gasteiger partial charge in [0.15, 0.2) is 12.2 Å². The third kappa shape index (κ3) is 11.7. The first-order valence-electron chi connectivity index (χ1n) is 16.3. The second kappa shape index (κ2) is 16.8. The summed E-state index contributed by atoms with van der Waals surface area (Å²) < 4.78 is 52.9. The molecule has 2 heterocycles. The van der Waals surface area contributed by atoms with Crippen LogP contribution in [0.5, 0.6) is 11.5 Å². The van der Waals surface area contributed by atoms with E-state index in [0.717, 1.165) is 21.9 Å². The van der Waals surface area contributed by atoms with E-state index in [-0.39, 0.29) is 35.7 Å². The summed E-state index contributed by atoms with van der Waals surface area (Å²) in [6.07, 6.45) is -3.97. The number of rotatable bonds is 8. The van der Waals surface area contributed by atoms with Crippen molar-refractivity contribution in [3.8, 4) is 11.5 Å². The number of nitrogens with zero attached hydrogens (tertiary/aromatic N) is 2. The van der Waals surface area contributed by atoms with Crippen molar-refractivity contribution < 1.29 is 61.2 Å². The minimum atomic E-state index is -1.12. The lowest BCUT2D eigenvalue weighted by Gasteiger charge is -2.32. The number of amides is 5. The maximum atomic E-state index is 13.3. The average molecular weight is 750 g/mol. The first kappa shape index (κ1) is 41.7. The number of likely N-dealkylation sites (N-methyl/N-ethyl adjacent to an activating group) is 2. The molecular formula is C35H45F2N5O11. The Morgan fingerprint density at radius 3 is 1.49 bits per heavy atom. The van der Waals surface area contributed by atoms with E-state index in [4.69, 9.17) is 29.4 Å². The number of benzene rings is 2. The fraction of sp³-hybridized carbons (Fsp3) is 0.486. The molecule has 53 heavy (non-hydrogen) atoms. The molecule has 0 aromatic heterocycles. The Labute approximate surface area is 305 Å². The number of esters is 1. The van der Waals surface area contributed by atoms with Gasteiger partial charge >= 0.3 is 18.2 Å². The van der Waals surface area contributed by atoms with E-state index in [1.54, 1.807) is 41.5 Å². The minimum Gasteiger partial charge on any atom is -0.478 e. The van der Waals surface area contributed by atoms with Gasteiger partial charge in [-0.3, -0.25) is 24.2 Å². The maximum Gasteiger partial charge on any atom is 0.410 e. The topological polar surface area (TPSA) is 205 Å². The molecule has 0 spiro atoms.